The smallest absolute Gasteiger partial charge is 0.311 e. The summed E-state index contributed by atoms with van der Waals surface area (Å²) in [6.45, 7) is 17.2. The Morgan fingerprint density at radius 3 is 2.10 bits per heavy atom. The van der Waals surface area contributed by atoms with Crippen molar-refractivity contribution in [2.24, 2.45) is 22.7 Å². The number of hydrogen-bond acceptors (Lipinski definition) is 5. The molecule has 0 aromatic heterocycles. The number of carbonyl (C=O) groups is 2. The van der Waals surface area contributed by atoms with Gasteiger partial charge >= 0.3 is 11.9 Å². The lowest BCUT2D eigenvalue weighted by molar-refractivity contribution is -0.214. The molecule has 0 saturated carbocycles. The highest BCUT2D eigenvalue weighted by Gasteiger charge is 2.46. The number of aryl methyl sites for hydroxylation is 1. The van der Waals surface area contributed by atoms with E-state index in [1.807, 2.05) is 47.6 Å². The minimum Gasteiger partial charge on any atom is -0.462 e. The molecule has 1 aromatic rings. The zero-order valence-electron chi connectivity index (χ0n) is 20.2. The van der Waals surface area contributed by atoms with Crippen molar-refractivity contribution in [1.82, 2.24) is 0 Å². The molecule has 0 N–H and O–H groups in total. The van der Waals surface area contributed by atoms with Crippen LogP contribution in [0.3, 0.4) is 0 Å². The summed E-state index contributed by atoms with van der Waals surface area (Å²) in [6, 6.07) is 6.13. The first-order valence-corrected chi connectivity index (χ1v) is 11.7. The van der Waals surface area contributed by atoms with Crippen LogP contribution in [-0.2, 0) is 23.8 Å². The van der Waals surface area contributed by atoms with Crippen LogP contribution in [0.5, 0.6) is 0 Å². The van der Waals surface area contributed by atoms with Gasteiger partial charge in [0, 0.05) is 10.4 Å². The number of benzene rings is 1. The first-order valence-electron chi connectivity index (χ1n) is 10.9. The van der Waals surface area contributed by atoms with Crippen molar-refractivity contribution in [3.63, 3.8) is 0 Å². The van der Waals surface area contributed by atoms with Gasteiger partial charge < -0.3 is 14.2 Å². The van der Waals surface area contributed by atoms with Gasteiger partial charge in [-0.15, -0.1) is 0 Å². The third-order valence-electron chi connectivity index (χ3n) is 5.90. The molecule has 1 aliphatic heterocycles. The van der Waals surface area contributed by atoms with Crippen LogP contribution >= 0.6 is 15.9 Å². The Morgan fingerprint density at radius 2 is 1.58 bits per heavy atom. The predicted molar refractivity (Wildman–Crippen MR) is 125 cm³/mol. The summed E-state index contributed by atoms with van der Waals surface area (Å²) in [5, 5.41) is 0. The molecule has 1 heterocycles. The molecule has 0 aliphatic carbocycles. The monoisotopic (exact) mass is 496 g/mol. The fourth-order valence-electron chi connectivity index (χ4n) is 3.61. The Balaban J connectivity index is 2.34. The number of carbonyl (C=O) groups excluding carboxylic acids is 2. The molecule has 0 amide bonds. The first kappa shape index (κ1) is 25.9. The van der Waals surface area contributed by atoms with Gasteiger partial charge in [0.1, 0.15) is 18.8 Å². The molecule has 1 aromatic carbocycles. The van der Waals surface area contributed by atoms with E-state index in [0.717, 1.165) is 15.6 Å². The highest BCUT2D eigenvalue weighted by Crippen LogP contribution is 2.43. The molecule has 0 spiro atoms. The largest absolute Gasteiger partial charge is 0.462 e. The Kier molecular flexibility index (Phi) is 8.02. The molecule has 0 radical (unpaired) electrons. The van der Waals surface area contributed by atoms with Crippen molar-refractivity contribution in [2.45, 2.75) is 80.6 Å². The molecule has 174 valence electrons. The zero-order valence-corrected chi connectivity index (χ0v) is 21.8. The van der Waals surface area contributed by atoms with E-state index in [4.69, 9.17) is 14.2 Å². The predicted octanol–water partition coefficient (Wildman–Crippen LogP) is 6.02. The summed E-state index contributed by atoms with van der Waals surface area (Å²) in [4.78, 5) is 25.1. The molecule has 1 aliphatic rings. The van der Waals surface area contributed by atoms with Crippen molar-refractivity contribution >= 4 is 27.9 Å². The molecule has 6 heteroatoms. The Morgan fingerprint density at radius 1 is 1.00 bits per heavy atom. The Bertz CT molecular complexity index is 805. The molecular formula is C25H37BrO5. The van der Waals surface area contributed by atoms with E-state index in [9.17, 15) is 9.59 Å². The van der Waals surface area contributed by atoms with Gasteiger partial charge in [-0.2, -0.15) is 0 Å². The van der Waals surface area contributed by atoms with Crippen molar-refractivity contribution in [2.75, 3.05) is 6.61 Å². The van der Waals surface area contributed by atoms with Crippen LogP contribution in [0.1, 0.15) is 72.6 Å². The van der Waals surface area contributed by atoms with E-state index in [1.54, 1.807) is 0 Å². The van der Waals surface area contributed by atoms with Crippen LogP contribution in [0.25, 0.3) is 0 Å². The van der Waals surface area contributed by atoms with Gasteiger partial charge in [-0.1, -0.05) is 35.8 Å². The van der Waals surface area contributed by atoms with Gasteiger partial charge in [-0.3, -0.25) is 9.59 Å². The molecule has 2 rings (SSSR count). The van der Waals surface area contributed by atoms with E-state index in [2.05, 4.69) is 48.8 Å². The maximum Gasteiger partial charge on any atom is 0.311 e. The van der Waals surface area contributed by atoms with Gasteiger partial charge in [0.25, 0.3) is 0 Å². The molecule has 1 saturated heterocycles. The van der Waals surface area contributed by atoms with Gasteiger partial charge in [0.05, 0.1) is 16.9 Å². The van der Waals surface area contributed by atoms with Crippen LogP contribution in [0.2, 0.25) is 0 Å². The molecule has 0 unspecified atom stereocenters. The lowest BCUT2D eigenvalue weighted by Crippen LogP contribution is -2.51. The van der Waals surface area contributed by atoms with Gasteiger partial charge in [-0.25, -0.2) is 0 Å². The summed E-state index contributed by atoms with van der Waals surface area (Å²) in [6.07, 6.45) is -1.23. The fraction of sp³-hybridized carbons (Fsp3) is 0.680. The summed E-state index contributed by atoms with van der Waals surface area (Å²) in [5.41, 5.74) is 0.964. The van der Waals surface area contributed by atoms with Crippen LogP contribution < -0.4 is 0 Å². The van der Waals surface area contributed by atoms with Crippen molar-refractivity contribution < 1.29 is 23.8 Å². The average molecular weight is 497 g/mol. The van der Waals surface area contributed by atoms with E-state index in [-0.39, 0.29) is 36.5 Å². The average Bonchev–Trinajstić information content (AvgIpc) is 2.63. The second kappa shape index (κ2) is 9.62. The molecule has 1 fully saturated rings. The summed E-state index contributed by atoms with van der Waals surface area (Å²) < 4.78 is 19.0. The van der Waals surface area contributed by atoms with Crippen LogP contribution in [-0.4, -0.2) is 30.8 Å². The number of ether oxygens (including phenoxy) is 3. The van der Waals surface area contributed by atoms with Crippen molar-refractivity contribution in [3.05, 3.63) is 33.8 Å². The van der Waals surface area contributed by atoms with Crippen molar-refractivity contribution in [3.8, 4) is 0 Å². The third-order valence-corrected chi connectivity index (χ3v) is 6.39. The SMILES string of the molecule is Cc1cc(Br)ccc1[C@H]1O[C@H](COC(=O)C(C)(C)C)[C@@H](OC(=O)C(C)(C)C)[C@H](C)[C@@H]1C. The quantitative estimate of drug-likeness (QED) is 0.477. The zero-order chi connectivity index (χ0) is 23.7. The number of esters is 2. The van der Waals surface area contributed by atoms with Gasteiger partial charge in [-0.05, 0) is 77.6 Å². The topological polar surface area (TPSA) is 61.8 Å². The van der Waals surface area contributed by atoms with Crippen LogP contribution in [0.15, 0.2) is 22.7 Å². The second-order valence-corrected chi connectivity index (χ2v) is 11.7. The van der Waals surface area contributed by atoms with Gasteiger partial charge in [0.2, 0.25) is 0 Å². The molecule has 31 heavy (non-hydrogen) atoms. The minimum atomic E-state index is -0.630. The molecule has 5 nitrogen and oxygen atoms in total. The standard InChI is InChI=1S/C25H37BrO5/c1-14-12-17(26)10-11-18(14)20-15(2)16(3)21(31-23(28)25(7,8)9)19(30-20)13-29-22(27)24(4,5)6/h10-12,15-16,19-21H,13H2,1-9H3/t15-,16+,19+,20-,21-/m0/s1. The van der Waals surface area contributed by atoms with Gasteiger partial charge in [0.15, 0.2) is 0 Å². The minimum absolute atomic E-state index is 0.0198. The molecular weight excluding hydrogens is 460 g/mol. The van der Waals surface area contributed by atoms with E-state index in [1.165, 1.54) is 0 Å². The van der Waals surface area contributed by atoms with Crippen LogP contribution in [0.4, 0.5) is 0 Å². The number of hydrogen-bond donors (Lipinski definition) is 0. The fourth-order valence-corrected chi connectivity index (χ4v) is 4.09. The first-order chi connectivity index (χ1) is 14.1. The van der Waals surface area contributed by atoms with Crippen molar-refractivity contribution in [1.29, 1.82) is 0 Å². The maximum absolute atomic E-state index is 12.7. The molecule has 0 bridgehead atoms. The summed E-state index contributed by atoms with van der Waals surface area (Å²) in [5.74, 6) is -0.469. The van der Waals surface area contributed by atoms with E-state index >= 15 is 0 Å². The van der Waals surface area contributed by atoms with E-state index < -0.39 is 23.0 Å². The number of halogens is 1. The normalized spacial score (nSPS) is 27.0. The summed E-state index contributed by atoms with van der Waals surface area (Å²) >= 11 is 3.52. The highest BCUT2D eigenvalue weighted by molar-refractivity contribution is 9.10. The summed E-state index contributed by atoms with van der Waals surface area (Å²) in [7, 11) is 0. The lowest BCUT2D eigenvalue weighted by atomic mass is 9.78. The Hall–Kier alpha value is -1.40. The van der Waals surface area contributed by atoms with E-state index in [0.29, 0.717) is 0 Å². The highest BCUT2D eigenvalue weighted by atomic mass is 79.9. The number of rotatable bonds is 4. The maximum atomic E-state index is 12.7. The lowest BCUT2D eigenvalue weighted by Gasteiger charge is -2.45. The van der Waals surface area contributed by atoms with Crippen LogP contribution in [0, 0.1) is 29.6 Å². The Labute approximate surface area is 195 Å². The second-order valence-electron chi connectivity index (χ2n) is 10.8. The third kappa shape index (κ3) is 6.32. The molecule has 5 atom stereocenters.